The van der Waals surface area contributed by atoms with Crippen LogP contribution in [0.25, 0.3) is 0 Å². The number of carbonyl (C=O) groups is 1. The molecule has 1 atom stereocenters. The van der Waals surface area contributed by atoms with E-state index in [9.17, 15) is 13.2 Å². The van der Waals surface area contributed by atoms with Crippen molar-refractivity contribution in [3.63, 3.8) is 0 Å². The molecule has 2 rings (SSSR count). The second-order valence-corrected chi connectivity index (χ2v) is 7.02. The first-order chi connectivity index (χ1) is 9.00. The van der Waals surface area contributed by atoms with Gasteiger partial charge in [0.25, 0.3) is 0 Å². The fraction of sp³-hybridized carbons (Fsp3) is 0.909. The quantitative estimate of drug-likeness (QED) is 0.763. The summed E-state index contributed by atoms with van der Waals surface area (Å²) < 4.78 is 36.7. The van der Waals surface area contributed by atoms with Gasteiger partial charge in [0.1, 0.15) is 0 Å². The number of hydrogen-bond acceptors (Lipinski definition) is 5. The smallest absolute Gasteiger partial charge is 0.306 e. The van der Waals surface area contributed by atoms with Crippen LogP contribution < -0.4 is 0 Å². The highest BCUT2D eigenvalue weighted by atomic mass is 32.2. The third-order valence-electron chi connectivity index (χ3n) is 3.45. The van der Waals surface area contributed by atoms with Crippen LogP contribution in [-0.2, 0) is 24.3 Å². The molecule has 1 N–H and O–H groups in total. The van der Waals surface area contributed by atoms with Crippen LogP contribution in [0.5, 0.6) is 0 Å². The SMILES string of the molecule is O=C(O)CC1CN(S(=O)(=O)C2CCOCC2)CCO1. The van der Waals surface area contributed by atoms with E-state index in [-0.39, 0.29) is 19.6 Å². The lowest BCUT2D eigenvalue weighted by molar-refractivity contribution is -0.141. The van der Waals surface area contributed by atoms with E-state index in [4.69, 9.17) is 14.6 Å². The minimum Gasteiger partial charge on any atom is -0.481 e. The van der Waals surface area contributed by atoms with E-state index in [2.05, 4.69) is 0 Å². The molecule has 19 heavy (non-hydrogen) atoms. The fourth-order valence-electron chi connectivity index (χ4n) is 2.43. The number of carboxylic acids is 1. The second-order valence-electron chi connectivity index (χ2n) is 4.81. The zero-order chi connectivity index (χ0) is 13.9. The summed E-state index contributed by atoms with van der Waals surface area (Å²) in [5, 5.41) is 8.33. The van der Waals surface area contributed by atoms with E-state index in [1.807, 2.05) is 0 Å². The van der Waals surface area contributed by atoms with Crippen molar-refractivity contribution in [2.75, 3.05) is 32.9 Å². The second kappa shape index (κ2) is 6.17. The number of carboxylic acid groups (broad SMARTS) is 1. The molecule has 0 radical (unpaired) electrons. The van der Waals surface area contributed by atoms with Crippen LogP contribution in [0, 0.1) is 0 Å². The van der Waals surface area contributed by atoms with E-state index < -0.39 is 27.3 Å². The lowest BCUT2D eigenvalue weighted by atomic mass is 10.2. The molecular weight excluding hydrogens is 274 g/mol. The maximum atomic E-state index is 12.4. The van der Waals surface area contributed by atoms with Crippen molar-refractivity contribution in [3.8, 4) is 0 Å². The Morgan fingerprint density at radius 2 is 1.95 bits per heavy atom. The highest BCUT2D eigenvalue weighted by Crippen LogP contribution is 2.22. The van der Waals surface area contributed by atoms with Crippen molar-refractivity contribution in [1.82, 2.24) is 4.31 Å². The number of rotatable bonds is 4. The highest BCUT2D eigenvalue weighted by Gasteiger charge is 2.36. The van der Waals surface area contributed by atoms with Crippen LogP contribution >= 0.6 is 0 Å². The third-order valence-corrected chi connectivity index (χ3v) is 5.82. The van der Waals surface area contributed by atoms with Crippen LogP contribution in [0.4, 0.5) is 0 Å². The molecule has 0 amide bonds. The van der Waals surface area contributed by atoms with Gasteiger partial charge in [0.05, 0.1) is 24.4 Å². The first-order valence-electron chi connectivity index (χ1n) is 6.40. The van der Waals surface area contributed by atoms with Crippen LogP contribution in [0.15, 0.2) is 0 Å². The number of nitrogens with zero attached hydrogens (tertiary/aromatic N) is 1. The Morgan fingerprint density at radius 1 is 1.26 bits per heavy atom. The molecule has 110 valence electrons. The summed E-state index contributed by atoms with van der Waals surface area (Å²) in [7, 11) is -3.37. The maximum absolute atomic E-state index is 12.4. The summed E-state index contributed by atoms with van der Waals surface area (Å²) in [6.45, 7) is 1.61. The first-order valence-corrected chi connectivity index (χ1v) is 7.90. The van der Waals surface area contributed by atoms with Crippen molar-refractivity contribution < 1.29 is 27.8 Å². The number of morpholine rings is 1. The molecule has 2 heterocycles. The van der Waals surface area contributed by atoms with Crippen LogP contribution in [0.2, 0.25) is 0 Å². The summed E-state index contributed by atoms with van der Waals surface area (Å²) >= 11 is 0. The van der Waals surface area contributed by atoms with Crippen molar-refractivity contribution in [3.05, 3.63) is 0 Å². The van der Waals surface area contributed by atoms with Crippen molar-refractivity contribution >= 4 is 16.0 Å². The number of sulfonamides is 1. The zero-order valence-corrected chi connectivity index (χ0v) is 11.5. The van der Waals surface area contributed by atoms with Crippen LogP contribution in [0.3, 0.4) is 0 Å². The molecule has 0 aromatic carbocycles. The van der Waals surface area contributed by atoms with Gasteiger partial charge in [-0.2, -0.15) is 4.31 Å². The van der Waals surface area contributed by atoms with Crippen molar-refractivity contribution in [1.29, 1.82) is 0 Å². The minimum absolute atomic E-state index is 0.131. The van der Waals surface area contributed by atoms with Gasteiger partial charge in [0.2, 0.25) is 10.0 Å². The topological polar surface area (TPSA) is 93.1 Å². The summed E-state index contributed by atoms with van der Waals surface area (Å²) in [5.74, 6) is -0.977. The average Bonchev–Trinajstić information content (AvgIpc) is 2.39. The molecule has 2 fully saturated rings. The zero-order valence-electron chi connectivity index (χ0n) is 10.7. The number of aliphatic carboxylic acids is 1. The molecule has 0 spiro atoms. The normalized spacial score (nSPS) is 27.3. The van der Waals surface area contributed by atoms with Crippen LogP contribution in [0.1, 0.15) is 19.3 Å². The summed E-state index contributed by atoms with van der Waals surface area (Å²) in [6.07, 6.45) is 0.285. The number of ether oxygens (including phenoxy) is 2. The van der Waals surface area contributed by atoms with Gasteiger partial charge in [0.15, 0.2) is 0 Å². The van der Waals surface area contributed by atoms with Gasteiger partial charge < -0.3 is 14.6 Å². The molecule has 1 unspecified atom stereocenters. The third kappa shape index (κ3) is 3.65. The molecule has 7 nitrogen and oxygen atoms in total. The van der Waals surface area contributed by atoms with Gasteiger partial charge in [-0.05, 0) is 12.8 Å². The van der Waals surface area contributed by atoms with E-state index >= 15 is 0 Å². The Labute approximate surface area is 112 Å². The van der Waals surface area contributed by atoms with Gasteiger partial charge in [0, 0.05) is 26.3 Å². The fourth-order valence-corrected chi connectivity index (χ4v) is 4.34. The Balaban J connectivity index is 2.00. The van der Waals surface area contributed by atoms with Gasteiger partial charge in [-0.3, -0.25) is 4.79 Å². The van der Waals surface area contributed by atoms with E-state index in [0.29, 0.717) is 32.6 Å². The lowest BCUT2D eigenvalue weighted by Crippen LogP contribution is -2.50. The largest absolute Gasteiger partial charge is 0.481 e. The van der Waals surface area contributed by atoms with E-state index in [1.54, 1.807) is 0 Å². The molecule has 2 saturated heterocycles. The Bertz CT molecular complexity index is 417. The maximum Gasteiger partial charge on any atom is 0.306 e. The molecule has 0 saturated carbocycles. The molecule has 0 aliphatic carbocycles. The summed E-state index contributed by atoms with van der Waals surface area (Å²) in [5.41, 5.74) is 0. The molecule has 0 aromatic heterocycles. The van der Waals surface area contributed by atoms with Gasteiger partial charge >= 0.3 is 5.97 Å². The molecule has 0 bridgehead atoms. The molecule has 2 aliphatic heterocycles. The monoisotopic (exact) mass is 293 g/mol. The minimum atomic E-state index is -3.37. The Hall–Kier alpha value is -0.700. The van der Waals surface area contributed by atoms with E-state index in [1.165, 1.54) is 4.31 Å². The highest BCUT2D eigenvalue weighted by molar-refractivity contribution is 7.89. The molecule has 8 heteroatoms. The summed E-state index contributed by atoms with van der Waals surface area (Å²) in [4.78, 5) is 10.7. The van der Waals surface area contributed by atoms with Crippen molar-refractivity contribution in [2.24, 2.45) is 0 Å². The standard InChI is InChI=1S/C11H19NO6S/c13-11(14)7-9-8-12(3-6-18-9)19(15,16)10-1-4-17-5-2-10/h9-10H,1-8H2,(H,13,14). The van der Waals surface area contributed by atoms with Gasteiger partial charge in [-0.25, -0.2) is 8.42 Å². The number of hydrogen-bond donors (Lipinski definition) is 1. The van der Waals surface area contributed by atoms with Crippen molar-refractivity contribution in [2.45, 2.75) is 30.6 Å². The van der Waals surface area contributed by atoms with E-state index in [0.717, 1.165) is 0 Å². The predicted octanol–water partition coefficient (Wildman–Crippen LogP) is -0.329. The molecular formula is C11H19NO6S. The average molecular weight is 293 g/mol. The lowest BCUT2D eigenvalue weighted by Gasteiger charge is -2.35. The molecule has 0 aromatic rings. The molecule has 2 aliphatic rings. The predicted molar refractivity (Wildman–Crippen MR) is 66.3 cm³/mol. The summed E-state index contributed by atoms with van der Waals surface area (Å²) in [6, 6.07) is 0. The Kier molecular flexibility index (Phi) is 4.77. The Morgan fingerprint density at radius 3 is 2.58 bits per heavy atom. The van der Waals surface area contributed by atoms with Gasteiger partial charge in [-0.15, -0.1) is 0 Å². The van der Waals surface area contributed by atoms with Gasteiger partial charge in [-0.1, -0.05) is 0 Å². The van der Waals surface area contributed by atoms with Crippen LogP contribution in [-0.4, -0.2) is 68.1 Å². The first kappa shape index (κ1) is 14.7.